The van der Waals surface area contributed by atoms with Crippen molar-refractivity contribution in [1.82, 2.24) is 15.0 Å². The van der Waals surface area contributed by atoms with Gasteiger partial charge in [0, 0.05) is 18.5 Å². The molecule has 2 N–H and O–H groups in total. The number of aromatic carboxylic acids is 2. The highest BCUT2D eigenvalue weighted by atomic mass is 16.5. The molecule has 0 spiro atoms. The van der Waals surface area contributed by atoms with Crippen LogP contribution >= 0.6 is 0 Å². The average Bonchev–Trinajstić information content (AvgIpc) is 2.91. The number of hydrogen-bond acceptors (Lipinski definition) is 7. The first-order chi connectivity index (χ1) is 17.4. The molecule has 0 saturated carbocycles. The molecular formula is C27H21N3O6. The fraction of sp³-hybridized carbons (Fsp3) is 0.0741. The van der Waals surface area contributed by atoms with Crippen molar-refractivity contribution in [2.45, 2.75) is 0 Å². The van der Waals surface area contributed by atoms with Crippen molar-refractivity contribution in [2.24, 2.45) is 0 Å². The van der Waals surface area contributed by atoms with E-state index in [4.69, 9.17) is 9.47 Å². The van der Waals surface area contributed by atoms with E-state index in [-0.39, 0.29) is 22.5 Å². The molecule has 3 aromatic heterocycles. The molecule has 0 aliphatic heterocycles. The maximum Gasteiger partial charge on any atom is 0.335 e. The standard InChI is InChI=1S/C27H21N3O6/c1-35-20-9-17(10-21(15-20)36-2)4-3-16-5-7-28-22(11-16)24-13-19(27(33)34)14-25(30-24)23-12-18(26(31)32)6-8-29-23/h3-15H,1-2H3,(H,31,32)(H,33,34)/b4-3+. The third kappa shape index (κ3) is 5.53. The van der Waals surface area contributed by atoms with Gasteiger partial charge in [-0.2, -0.15) is 0 Å². The normalized spacial score (nSPS) is 10.8. The molecule has 0 fully saturated rings. The van der Waals surface area contributed by atoms with E-state index < -0.39 is 11.9 Å². The Morgan fingerprint density at radius 3 is 1.78 bits per heavy atom. The molecule has 0 radical (unpaired) electrons. The van der Waals surface area contributed by atoms with Crippen LogP contribution in [-0.4, -0.2) is 51.3 Å². The van der Waals surface area contributed by atoms with Gasteiger partial charge in [-0.15, -0.1) is 0 Å². The first-order valence-electron chi connectivity index (χ1n) is 10.7. The Hall–Kier alpha value is -5.05. The first kappa shape index (κ1) is 24.1. The second kappa shape index (κ2) is 10.5. The highest BCUT2D eigenvalue weighted by Crippen LogP contribution is 2.26. The average molecular weight is 483 g/mol. The Bertz CT molecular complexity index is 1460. The van der Waals surface area contributed by atoms with Crippen LogP contribution in [0.4, 0.5) is 0 Å². The summed E-state index contributed by atoms with van der Waals surface area (Å²) in [5.41, 5.74) is 2.87. The molecule has 4 rings (SSSR count). The number of aromatic nitrogens is 3. The van der Waals surface area contributed by atoms with E-state index in [1.54, 1.807) is 38.6 Å². The lowest BCUT2D eigenvalue weighted by Gasteiger charge is -2.08. The van der Waals surface area contributed by atoms with Gasteiger partial charge in [-0.25, -0.2) is 14.6 Å². The number of nitrogens with zero attached hydrogens (tertiary/aromatic N) is 3. The summed E-state index contributed by atoms with van der Waals surface area (Å²) in [4.78, 5) is 36.2. The predicted molar refractivity (Wildman–Crippen MR) is 133 cm³/mol. The molecule has 0 bridgehead atoms. The first-order valence-corrected chi connectivity index (χ1v) is 10.7. The second-order valence-electron chi connectivity index (χ2n) is 7.62. The summed E-state index contributed by atoms with van der Waals surface area (Å²) in [5.74, 6) is -0.959. The molecule has 9 heteroatoms. The summed E-state index contributed by atoms with van der Waals surface area (Å²) in [6.07, 6.45) is 6.70. The fourth-order valence-corrected chi connectivity index (χ4v) is 3.43. The molecule has 180 valence electrons. The molecule has 0 atom stereocenters. The van der Waals surface area contributed by atoms with Gasteiger partial charge in [0.05, 0.1) is 48.1 Å². The number of carboxylic acids is 2. The number of ether oxygens (including phenoxy) is 2. The number of carboxylic acid groups (broad SMARTS) is 2. The summed E-state index contributed by atoms with van der Waals surface area (Å²) in [6.45, 7) is 0. The zero-order valence-corrected chi connectivity index (χ0v) is 19.4. The summed E-state index contributed by atoms with van der Waals surface area (Å²) in [7, 11) is 3.16. The number of benzene rings is 1. The fourth-order valence-electron chi connectivity index (χ4n) is 3.43. The Balaban J connectivity index is 1.72. The van der Waals surface area contributed by atoms with Gasteiger partial charge in [-0.3, -0.25) is 9.97 Å². The van der Waals surface area contributed by atoms with E-state index in [1.165, 1.54) is 30.5 Å². The van der Waals surface area contributed by atoms with Crippen LogP contribution in [0, 0.1) is 0 Å². The van der Waals surface area contributed by atoms with Gasteiger partial charge in [0.15, 0.2) is 0 Å². The van der Waals surface area contributed by atoms with Crippen molar-refractivity contribution in [3.05, 3.63) is 89.2 Å². The summed E-state index contributed by atoms with van der Waals surface area (Å²) in [5, 5.41) is 18.9. The molecule has 0 saturated heterocycles. The van der Waals surface area contributed by atoms with Gasteiger partial charge in [0.25, 0.3) is 0 Å². The van der Waals surface area contributed by atoms with Crippen LogP contribution < -0.4 is 9.47 Å². The molecule has 0 unspecified atom stereocenters. The third-order valence-electron chi connectivity index (χ3n) is 5.23. The number of carbonyl (C=O) groups is 2. The zero-order chi connectivity index (χ0) is 25.7. The third-order valence-corrected chi connectivity index (χ3v) is 5.23. The van der Waals surface area contributed by atoms with E-state index in [0.29, 0.717) is 22.9 Å². The molecular weight excluding hydrogens is 462 g/mol. The van der Waals surface area contributed by atoms with Crippen LogP contribution in [-0.2, 0) is 0 Å². The molecule has 0 aliphatic carbocycles. The Morgan fingerprint density at radius 1 is 0.667 bits per heavy atom. The Kier molecular flexibility index (Phi) is 7.01. The monoisotopic (exact) mass is 483 g/mol. The highest BCUT2D eigenvalue weighted by Gasteiger charge is 2.14. The summed E-state index contributed by atoms with van der Waals surface area (Å²) in [6, 6.07) is 14.5. The zero-order valence-electron chi connectivity index (χ0n) is 19.4. The van der Waals surface area contributed by atoms with Crippen LogP contribution in [0.2, 0.25) is 0 Å². The Labute approximate surface area is 206 Å². The van der Waals surface area contributed by atoms with E-state index >= 15 is 0 Å². The highest BCUT2D eigenvalue weighted by molar-refractivity contribution is 5.91. The van der Waals surface area contributed by atoms with Crippen molar-refractivity contribution in [3.8, 4) is 34.3 Å². The van der Waals surface area contributed by atoms with Crippen LogP contribution in [0.3, 0.4) is 0 Å². The lowest BCUT2D eigenvalue weighted by Crippen LogP contribution is -2.02. The van der Waals surface area contributed by atoms with Gasteiger partial charge in [0.2, 0.25) is 0 Å². The minimum Gasteiger partial charge on any atom is -0.497 e. The van der Waals surface area contributed by atoms with E-state index in [9.17, 15) is 19.8 Å². The van der Waals surface area contributed by atoms with Crippen LogP contribution in [0.1, 0.15) is 31.8 Å². The quantitative estimate of drug-likeness (QED) is 0.363. The predicted octanol–water partition coefficient (Wildman–Crippen LogP) is 4.79. The lowest BCUT2D eigenvalue weighted by molar-refractivity contribution is 0.0686. The van der Waals surface area contributed by atoms with Gasteiger partial charge in [-0.05, 0) is 59.7 Å². The van der Waals surface area contributed by atoms with Crippen molar-refractivity contribution < 1.29 is 29.3 Å². The molecule has 9 nitrogen and oxygen atoms in total. The maximum absolute atomic E-state index is 11.8. The van der Waals surface area contributed by atoms with E-state index in [2.05, 4.69) is 15.0 Å². The second-order valence-corrected chi connectivity index (χ2v) is 7.62. The molecule has 1 aromatic carbocycles. The minimum atomic E-state index is -1.16. The van der Waals surface area contributed by atoms with Gasteiger partial charge < -0.3 is 19.7 Å². The number of hydrogen-bond donors (Lipinski definition) is 2. The number of methoxy groups -OCH3 is 2. The number of rotatable bonds is 8. The maximum atomic E-state index is 11.8. The van der Waals surface area contributed by atoms with Gasteiger partial charge in [-0.1, -0.05) is 12.2 Å². The van der Waals surface area contributed by atoms with Crippen molar-refractivity contribution in [1.29, 1.82) is 0 Å². The molecule has 3 heterocycles. The molecule has 0 amide bonds. The smallest absolute Gasteiger partial charge is 0.335 e. The largest absolute Gasteiger partial charge is 0.497 e. The van der Waals surface area contributed by atoms with E-state index in [0.717, 1.165) is 11.1 Å². The van der Waals surface area contributed by atoms with Gasteiger partial charge >= 0.3 is 11.9 Å². The number of pyridine rings is 3. The summed E-state index contributed by atoms with van der Waals surface area (Å²) >= 11 is 0. The van der Waals surface area contributed by atoms with Gasteiger partial charge in [0.1, 0.15) is 11.5 Å². The molecule has 0 aliphatic rings. The van der Waals surface area contributed by atoms with Crippen molar-refractivity contribution in [2.75, 3.05) is 14.2 Å². The summed E-state index contributed by atoms with van der Waals surface area (Å²) < 4.78 is 10.6. The lowest BCUT2D eigenvalue weighted by atomic mass is 10.1. The molecule has 36 heavy (non-hydrogen) atoms. The van der Waals surface area contributed by atoms with Crippen LogP contribution in [0.5, 0.6) is 11.5 Å². The molecule has 4 aromatic rings. The van der Waals surface area contributed by atoms with Crippen molar-refractivity contribution in [3.63, 3.8) is 0 Å². The van der Waals surface area contributed by atoms with Crippen LogP contribution in [0.25, 0.3) is 34.9 Å². The Morgan fingerprint density at radius 2 is 1.19 bits per heavy atom. The minimum absolute atomic E-state index is 0.0171. The SMILES string of the molecule is COc1cc(/C=C/c2ccnc(-c3cc(C(=O)O)cc(-c4cc(C(=O)O)ccn4)n3)c2)cc(OC)c1. The topological polar surface area (TPSA) is 132 Å². The van der Waals surface area contributed by atoms with E-state index in [1.807, 2.05) is 24.3 Å². The van der Waals surface area contributed by atoms with Crippen LogP contribution in [0.15, 0.2) is 67.0 Å². The van der Waals surface area contributed by atoms with Crippen molar-refractivity contribution >= 4 is 24.1 Å².